The van der Waals surface area contributed by atoms with Gasteiger partial charge in [-0.3, -0.25) is 0 Å². The fraction of sp³-hybridized carbons (Fsp3) is 0.619. The molecule has 0 N–H and O–H groups in total. The molecule has 3 heterocycles. The van der Waals surface area contributed by atoms with E-state index in [2.05, 4.69) is 33.6 Å². The van der Waals surface area contributed by atoms with Crippen molar-refractivity contribution in [3.05, 3.63) is 41.7 Å². The number of likely N-dealkylation sites (N-methyl/N-ethyl adjacent to an activating group) is 1. The molecule has 1 aromatic heterocycles. The molecule has 1 spiro atoms. The zero-order valence-corrected chi connectivity index (χ0v) is 18.7. The first-order valence-electron chi connectivity index (χ1n) is 10.6. The maximum atomic E-state index is 14.0. The highest BCUT2D eigenvalue weighted by Crippen LogP contribution is 2.49. The third kappa shape index (κ3) is 3.67. The Labute approximate surface area is 177 Å². The second kappa shape index (κ2) is 8.01. The van der Waals surface area contributed by atoms with Crippen LogP contribution in [0.4, 0.5) is 4.39 Å². The highest BCUT2D eigenvalue weighted by atomic mass is 32.2. The van der Waals surface area contributed by atoms with Crippen molar-refractivity contribution >= 4 is 10.0 Å². The van der Waals surface area contributed by atoms with Gasteiger partial charge in [-0.1, -0.05) is 13.0 Å². The van der Waals surface area contributed by atoms with Gasteiger partial charge in [-0.15, -0.1) is 10.2 Å². The van der Waals surface area contributed by atoms with Gasteiger partial charge in [0.05, 0.1) is 4.90 Å². The van der Waals surface area contributed by atoms with Crippen molar-refractivity contribution in [3.63, 3.8) is 0 Å². The summed E-state index contributed by atoms with van der Waals surface area (Å²) in [6, 6.07) is 4.15. The van der Waals surface area contributed by atoms with Gasteiger partial charge in [0.1, 0.15) is 18.0 Å². The van der Waals surface area contributed by atoms with Crippen LogP contribution in [0.15, 0.2) is 29.4 Å². The van der Waals surface area contributed by atoms with Gasteiger partial charge in [0.2, 0.25) is 10.0 Å². The molecule has 1 unspecified atom stereocenters. The van der Waals surface area contributed by atoms with Gasteiger partial charge in [-0.2, -0.15) is 4.31 Å². The summed E-state index contributed by atoms with van der Waals surface area (Å²) in [5.74, 6) is 0.758. The van der Waals surface area contributed by atoms with Gasteiger partial charge < -0.3 is 9.47 Å². The summed E-state index contributed by atoms with van der Waals surface area (Å²) in [4.78, 5) is 2.35. The summed E-state index contributed by atoms with van der Waals surface area (Å²) in [6.45, 7) is 7.34. The molecule has 0 bridgehead atoms. The fourth-order valence-corrected chi connectivity index (χ4v) is 6.54. The first kappa shape index (κ1) is 21.4. The fourth-order valence-electron chi connectivity index (χ4n) is 5.08. The van der Waals surface area contributed by atoms with E-state index in [-0.39, 0.29) is 16.2 Å². The normalized spacial score (nSPS) is 22.7. The van der Waals surface area contributed by atoms with Gasteiger partial charge in [-0.25, -0.2) is 12.8 Å². The van der Waals surface area contributed by atoms with E-state index < -0.39 is 15.8 Å². The van der Waals surface area contributed by atoms with Crippen molar-refractivity contribution in [2.75, 3.05) is 33.2 Å². The van der Waals surface area contributed by atoms with E-state index >= 15 is 0 Å². The highest BCUT2D eigenvalue weighted by Gasteiger charge is 2.50. The van der Waals surface area contributed by atoms with E-state index in [1.165, 1.54) is 16.4 Å². The molecule has 1 atom stereocenters. The number of rotatable bonds is 5. The summed E-state index contributed by atoms with van der Waals surface area (Å²) in [6.07, 6.45) is 4.33. The smallest absolute Gasteiger partial charge is 0.243 e. The van der Waals surface area contributed by atoms with Crippen molar-refractivity contribution < 1.29 is 12.8 Å². The molecule has 0 saturated carbocycles. The molecule has 2 aliphatic rings. The number of benzene rings is 1. The number of aryl methyl sites for hydroxylation is 2. The minimum atomic E-state index is -3.70. The SMILES string of the molecule is CCCn1cnnc1C1CN(C)CC12CCN(S(=O)(=O)c1ccc(C)c(F)c1)CC2. The number of piperidine rings is 1. The molecule has 0 amide bonds. The summed E-state index contributed by atoms with van der Waals surface area (Å²) in [5, 5.41) is 8.60. The van der Waals surface area contributed by atoms with Crippen molar-refractivity contribution in [3.8, 4) is 0 Å². The molecule has 2 saturated heterocycles. The summed E-state index contributed by atoms with van der Waals surface area (Å²) < 4.78 is 43.8. The van der Waals surface area contributed by atoms with E-state index in [1.807, 2.05) is 0 Å². The molecule has 2 aromatic rings. The number of hydrogen-bond donors (Lipinski definition) is 0. The van der Waals surface area contributed by atoms with Gasteiger partial charge in [0, 0.05) is 38.6 Å². The Morgan fingerprint density at radius 3 is 2.67 bits per heavy atom. The Morgan fingerprint density at radius 2 is 2.00 bits per heavy atom. The van der Waals surface area contributed by atoms with Gasteiger partial charge >= 0.3 is 0 Å². The van der Waals surface area contributed by atoms with Crippen molar-refractivity contribution in [2.24, 2.45) is 5.41 Å². The van der Waals surface area contributed by atoms with Crippen LogP contribution < -0.4 is 0 Å². The van der Waals surface area contributed by atoms with Crippen molar-refractivity contribution in [2.45, 2.75) is 50.5 Å². The van der Waals surface area contributed by atoms with Gasteiger partial charge in [-0.05, 0) is 56.3 Å². The molecule has 0 aliphatic carbocycles. The van der Waals surface area contributed by atoms with Crippen LogP contribution in [0.25, 0.3) is 0 Å². The van der Waals surface area contributed by atoms with Crippen LogP contribution in [0.5, 0.6) is 0 Å². The summed E-state index contributed by atoms with van der Waals surface area (Å²) in [5.41, 5.74) is 0.428. The predicted octanol–water partition coefficient (Wildman–Crippen LogP) is 2.64. The van der Waals surface area contributed by atoms with Crippen LogP contribution >= 0.6 is 0 Å². The third-order valence-corrected chi connectivity index (χ3v) is 8.63. The lowest BCUT2D eigenvalue weighted by Crippen LogP contribution is -2.46. The van der Waals surface area contributed by atoms with Crippen LogP contribution in [0.3, 0.4) is 0 Å². The zero-order valence-electron chi connectivity index (χ0n) is 17.9. The lowest BCUT2D eigenvalue weighted by molar-refractivity contribution is 0.140. The molecule has 9 heteroatoms. The van der Waals surface area contributed by atoms with E-state index in [0.717, 1.165) is 50.8 Å². The Balaban J connectivity index is 1.56. The van der Waals surface area contributed by atoms with E-state index in [4.69, 9.17) is 0 Å². The lowest BCUT2D eigenvalue weighted by Gasteiger charge is -2.41. The average Bonchev–Trinajstić information content (AvgIpc) is 3.28. The molecule has 0 radical (unpaired) electrons. The van der Waals surface area contributed by atoms with E-state index in [0.29, 0.717) is 18.7 Å². The monoisotopic (exact) mass is 435 g/mol. The number of hydrogen-bond acceptors (Lipinski definition) is 5. The standard InChI is InChI=1S/C21H30FN5O2S/c1-4-9-26-15-23-24-20(26)18-13-25(3)14-21(18)7-10-27(11-8-21)30(28,29)17-6-5-16(2)19(22)12-17/h5-6,12,15,18H,4,7-11,13-14H2,1-3H3. The molecule has 4 rings (SSSR count). The largest absolute Gasteiger partial charge is 0.317 e. The molecule has 30 heavy (non-hydrogen) atoms. The summed E-state index contributed by atoms with van der Waals surface area (Å²) >= 11 is 0. The summed E-state index contributed by atoms with van der Waals surface area (Å²) in [7, 11) is -1.59. The number of sulfonamides is 1. The van der Waals surface area contributed by atoms with Crippen LogP contribution in [0, 0.1) is 18.2 Å². The Kier molecular flexibility index (Phi) is 5.71. The maximum Gasteiger partial charge on any atom is 0.243 e. The Bertz CT molecular complexity index is 1010. The van der Waals surface area contributed by atoms with Gasteiger partial charge in [0.15, 0.2) is 0 Å². The number of nitrogens with zero attached hydrogens (tertiary/aromatic N) is 5. The van der Waals surface area contributed by atoms with Crippen molar-refractivity contribution in [1.29, 1.82) is 0 Å². The van der Waals surface area contributed by atoms with Crippen LogP contribution in [0.2, 0.25) is 0 Å². The molecular formula is C21H30FN5O2S. The number of aromatic nitrogens is 3. The molecule has 7 nitrogen and oxygen atoms in total. The topological polar surface area (TPSA) is 71.3 Å². The highest BCUT2D eigenvalue weighted by molar-refractivity contribution is 7.89. The van der Waals surface area contributed by atoms with Crippen LogP contribution in [-0.4, -0.2) is 65.6 Å². The average molecular weight is 436 g/mol. The molecule has 1 aromatic carbocycles. The first-order chi connectivity index (χ1) is 14.3. The number of halogens is 1. The molecule has 2 fully saturated rings. The third-order valence-electron chi connectivity index (χ3n) is 6.74. The van der Waals surface area contributed by atoms with Gasteiger partial charge in [0.25, 0.3) is 0 Å². The Morgan fingerprint density at radius 1 is 1.27 bits per heavy atom. The van der Waals surface area contributed by atoms with Crippen LogP contribution in [-0.2, 0) is 16.6 Å². The Hall–Kier alpha value is -1.84. The molecule has 2 aliphatic heterocycles. The first-order valence-corrected chi connectivity index (χ1v) is 12.0. The van der Waals surface area contributed by atoms with E-state index in [9.17, 15) is 12.8 Å². The van der Waals surface area contributed by atoms with E-state index in [1.54, 1.807) is 13.3 Å². The van der Waals surface area contributed by atoms with Crippen molar-refractivity contribution in [1.82, 2.24) is 24.0 Å². The van der Waals surface area contributed by atoms with Crippen LogP contribution in [0.1, 0.15) is 43.5 Å². The molecule has 164 valence electrons. The second-order valence-corrected chi connectivity index (χ2v) is 10.7. The minimum Gasteiger partial charge on any atom is -0.317 e. The zero-order chi connectivity index (χ0) is 21.5. The lowest BCUT2D eigenvalue weighted by atomic mass is 9.71. The second-order valence-electron chi connectivity index (χ2n) is 8.81. The quantitative estimate of drug-likeness (QED) is 0.722. The maximum absolute atomic E-state index is 14.0. The molecular weight excluding hydrogens is 405 g/mol. The minimum absolute atomic E-state index is 0.0161. The predicted molar refractivity (Wildman–Crippen MR) is 112 cm³/mol. The number of likely N-dealkylation sites (tertiary alicyclic amines) is 1.